The number of amides is 1. The van der Waals surface area contributed by atoms with Crippen molar-refractivity contribution in [2.45, 2.75) is 56.8 Å². The van der Waals surface area contributed by atoms with Crippen molar-refractivity contribution in [3.8, 4) is 0 Å². The Morgan fingerprint density at radius 1 is 1.29 bits per heavy atom. The van der Waals surface area contributed by atoms with E-state index >= 15 is 0 Å². The molecule has 0 aromatic carbocycles. The number of pyridine rings is 1. The number of piperidine rings is 1. The largest absolute Gasteiger partial charge is 0.353 e. The van der Waals surface area contributed by atoms with Crippen LogP contribution in [0.5, 0.6) is 0 Å². The fraction of sp³-hybridized carbons (Fsp3) is 0.562. The van der Waals surface area contributed by atoms with Crippen molar-refractivity contribution in [2.75, 3.05) is 0 Å². The van der Waals surface area contributed by atoms with Crippen molar-refractivity contribution in [2.24, 2.45) is 0 Å². The molecular weight excluding hydrogens is 330 g/mol. The molecule has 2 aromatic rings. The van der Waals surface area contributed by atoms with Crippen LogP contribution in [0.3, 0.4) is 0 Å². The van der Waals surface area contributed by atoms with Crippen LogP contribution in [0.4, 0.5) is 0 Å². The van der Waals surface area contributed by atoms with Crippen LogP contribution >= 0.6 is 12.4 Å². The predicted molar refractivity (Wildman–Crippen MR) is 92.4 cm³/mol. The van der Waals surface area contributed by atoms with Crippen molar-refractivity contribution >= 4 is 24.0 Å². The smallest absolute Gasteiger partial charge is 0.350 e. The molecule has 24 heavy (non-hydrogen) atoms. The second-order valence-electron chi connectivity index (χ2n) is 6.56. The molecule has 2 unspecified atom stereocenters. The van der Waals surface area contributed by atoms with Crippen molar-refractivity contribution in [1.82, 2.24) is 24.8 Å². The van der Waals surface area contributed by atoms with Crippen molar-refractivity contribution < 1.29 is 4.79 Å². The summed E-state index contributed by atoms with van der Waals surface area (Å²) in [7, 11) is 0. The van der Waals surface area contributed by atoms with Gasteiger partial charge >= 0.3 is 5.69 Å². The number of hydrogen-bond donors (Lipinski definition) is 2. The Balaban J connectivity index is 0.00000169. The highest BCUT2D eigenvalue weighted by atomic mass is 35.5. The number of nitrogens with one attached hydrogen (secondary N) is 2. The lowest BCUT2D eigenvalue weighted by atomic mass is 10.00. The summed E-state index contributed by atoms with van der Waals surface area (Å²) in [6.45, 7) is 0.310. The molecule has 0 aliphatic carbocycles. The molecule has 2 bridgehead atoms. The van der Waals surface area contributed by atoms with Crippen LogP contribution in [0.25, 0.3) is 5.65 Å². The minimum absolute atomic E-state index is 0. The molecule has 2 N–H and O–H groups in total. The predicted octanol–water partition coefficient (Wildman–Crippen LogP) is 0.707. The van der Waals surface area contributed by atoms with Gasteiger partial charge in [-0.05, 0) is 37.8 Å². The summed E-state index contributed by atoms with van der Waals surface area (Å²) in [5.41, 5.74) is 0.404. The quantitative estimate of drug-likeness (QED) is 0.850. The molecule has 4 heterocycles. The van der Waals surface area contributed by atoms with Crippen molar-refractivity contribution in [1.29, 1.82) is 0 Å². The number of fused-ring (bicyclic) bond motifs is 3. The number of aryl methyl sites for hydroxylation is 1. The van der Waals surface area contributed by atoms with Gasteiger partial charge in [0.15, 0.2) is 5.65 Å². The molecule has 0 spiro atoms. The first-order valence-corrected chi connectivity index (χ1v) is 8.28. The van der Waals surface area contributed by atoms with Gasteiger partial charge in [0.1, 0.15) is 0 Å². The third kappa shape index (κ3) is 3.32. The van der Waals surface area contributed by atoms with Gasteiger partial charge in [-0.1, -0.05) is 6.07 Å². The van der Waals surface area contributed by atoms with Gasteiger partial charge in [-0.25, -0.2) is 9.48 Å². The highest BCUT2D eigenvalue weighted by molar-refractivity contribution is 5.85. The molecule has 7 nitrogen and oxygen atoms in total. The third-order valence-corrected chi connectivity index (χ3v) is 4.88. The maximum Gasteiger partial charge on any atom is 0.350 e. The van der Waals surface area contributed by atoms with Crippen LogP contribution in [-0.4, -0.2) is 38.2 Å². The molecule has 2 aliphatic rings. The minimum Gasteiger partial charge on any atom is -0.353 e. The minimum atomic E-state index is -0.201. The standard InChI is InChI=1S/C16H21N5O2.ClH/c22-15(18-13-9-11-4-5-12(10-13)17-11)6-8-21-16(23)20-7-2-1-3-14(20)19-21;/h1-3,7,11-13,17H,4-6,8-10H2,(H,18,22);1H. The lowest BCUT2D eigenvalue weighted by Crippen LogP contribution is -2.48. The van der Waals surface area contributed by atoms with Gasteiger partial charge in [-0.3, -0.25) is 9.20 Å². The Hall–Kier alpha value is -1.86. The molecule has 2 aliphatic heterocycles. The first-order chi connectivity index (χ1) is 11.2. The molecule has 2 atom stereocenters. The zero-order chi connectivity index (χ0) is 15.8. The zero-order valence-electron chi connectivity index (χ0n) is 13.4. The first kappa shape index (κ1) is 17.0. The number of aromatic nitrogens is 3. The van der Waals surface area contributed by atoms with E-state index in [1.54, 1.807) is 18.3 Å². The summed E-state index contributed by atoms with van der Waals surface area (Å²) < 4.78 is 2.85. The van der Waals surface area contributed by atoms with Crippen molar-refractivity contribution in [3.05, 3.63) is 34.9 Å². The zero-order valence-corrected chi connectivity index (χ0v) is 14.2. The van der Waals surface area contributed by atoms with E-state index < -0.39 is 0 Å². The van der Waals surface area contributed by atoms with Gasteiger partial charge in [0.25, 0.3) is 0 Å². The summed E-state index contributed by atoms with van der Waals surface area (Å²) in [4.78, 5) is 24.3. The van der Waals surface area contributed by atoms with E-state index in [1.807, 2.05) is 6.07 Å². The van der Waals surface area contributed by atoms with Gasteiger partial charge in [-0.2, -0.15) is 0 Å². The average molecular weight is 352 g/mol. The Labute approximate surface area is 145 Å². The van der Waals surface area contributed by atoms with Crippen molar-refractivity contribution in [3.63, 3.8) is 0 Å². The first-order valence-electron chi connectivity index (χ1n) is 8.28. The van der Waals surface area contributed by atoms with Gasteiger partial charge < -0.3 is 10.6 Å². The van der Waals surface area contributed by atoms with Gasteiger partial charge in [0.05, 0.1) is 6.54 Å². The summed E-state index contributed by atoms with van der Waals surface area (Å²) in [6, 6.07) is 6.78. The number of rotatable bonds is 4. The number of carbonyl (C=O) groups is 1. The fourth-order valence-corrected chi connectivity index (χ4v) is 3.80. The highest BCUT2D eigenvalue weighted by Crippen LogP contribution is 2.26. The normalized spacial score (nSPS) is 25.4. The highest BCUT2D eigenvalue weighted by Gasteiger charge is 2.33. The monoisotopic (exact) mass is 351 g/mol. The summed E-state index contributed by atoms with van der Waals surface area (Å²) in [6.07, 6.45) is 6.42. The topological polar surface area (TPSA) is 80.4 Å². The Morgan fingerprint density at radius 2 is 2.04 bits per heavy atom. The molecule has 1 amide bonds. The molecule has 2 saturated heterocycles. The second-order valence-corrected chi connectivity index (χ2v) is 6.56. The van der Waals surface area contributed by atoms with Crippen LogP contribution in [0.1, 0.15) is 32.1 Å². The van der Waals surface area contributed by atoms with E-state index in [2.05, 4.69) is 15.7 Å². The molecule has 4 rings (SSSR count). The SMILES string of the molecule is Cl.O=C(CCn1nc2ccccn2c1=O)NC1CC2CCC(C1)N2. The van der Waals surface area contributed by atoms with E-state index in [1.165, 1.54) is 21.9 Å². The number of halogens is 1. The molecule has 2 fully saturated rings. The Morgan fingerprint density at radius 3 is 2.75 bits per heavy atom. The third-order valence-electron chi connectivity index (χ3n) is 4.88. The van der Waals surface area contributed by atoms with E-state index in [-0.39, 0.29) is 36.5 Å². The molecular formula is C16H22ClN5O2. The van der Waals surface area contributed by atoms with E-state index in [0.29, 0.717) is 24.3 Å². The summed E-state index contributed by atoms with van der Waals surface area (Å²) >= 11 is 0. The van der Waals surface area contributed by atoms with Gasteiger partial charge in [-0.15, -0.1) is 17.5 Å². The van der Waals surface area contributed by atoms with E-state index in [4.69, 9.17) is 0 Å². The Kier molecular flexibility index (Phi) is 4.91. The number of hydrogen-bond acceptors (Lipinski definition) is 4. The van der Waals surface area contributed by atoms with Crippen LogP contribution in [0.15, 0.2) is 29.2 Å². The van der Waals surface area contributed by atoms with Crippen LogP contribution in [0.2, 0.25) is 0 Å². The lowest BCUT2D eigenvalue weighted by molar-refractivity contribution is -0.122. The fourth-order valence-electron chi connectivity index (χ4n) is 3.80. The van der Waals surface area contributed by atoms with E-state index in [0.717, 1.165) is 12.8 Å². The molecule has 0 radical (unpaired) electrons. The summed E-state index contributed by atoms with van der Waals surface area (Å²) in [5, 5.41) is 10.9. The van der Waals surface area contributed by atoms with Gasteiger partial charge in [0, 0.05) is 30.7 Å². The Bertz CT molecular complexity index is 774. The molecule has 2 aromatic heterocycles. The van der Waals surface area contributed by atoms with Crippen LogP contribution in [-0.2, 0) is 11.3 Å². The van der Waals surface area contributed by atoms with Crippen LogP contribution in [0, 0.1) is 0 Å². The number of nitrogens with zero attached hydrogens (tertiary/aromatic N) is 3. The molecule has 130 valence electrons. The summed E-state index contributed by atoms with van der Waals surface area (Å²) in [5.74, 6) is 0.000237. The molecule has 0 saturated carbocycles. The maximum absolute atomic E-state index is 12.2. The average Bonchev–Trinajstić information content (AvgIpc) is 3.05. The van der Waals surface area contributed by atoms with E-state index in [9.17, 15) is 9.59 Å². The number of carbonyl (C=O) groups excluding carboxylic acids is 1. The lowest BCUT2D eigenvalue weighted by Gasteiger charge is -2.29. The van der Waals surface area contributed by atoms with Gasteiger partial charge in [0.2, 0.25) is 5.91 Å². The maximum atomic E-state index is 12.2. The van der Waals surface area contributed by atoms with Crippen LogP contribution < -0.4 is 16.3 Å². The second kappa shape index (κ2) is 6.94. The molecule has 8 heteroatoms.